The summed E-state index contributed by atoms with van der Waals surface area (Å²) in [4.78, 5) is 29.2. The summed E-state index contributed by atoms with van der Waals surface area (Å²) in [5.41, 5.74) is 5.35. The van der Waals surface area contributed by atoms with E-state index in [1.54, 1.807) is 6.92 Å². The first kappa shape index (κ1) is 35.6. The van der Waals surface area contributed by atoms with Gasteiger partial charge in [-0.2, -0.15) is 0 Å². The van der Waals surface area contributed by atoms with Crippen molar-refractivity contribution in [3.63, 3.8) is 0 Å². The molecule has 1 atom stereocenters. The van der Waals surface area contributed by atoms with E-state index in [0.717, 1.165) is 72.9 Å². The number of rotatable bonds is 12. The van der Waals surface area contributed by atoms with E-state index in [1.807, 2.05) is 51.1 Å². The van der Waals surface area contributed by atoms with Crippen LogP contribution in [0.2, 0.25) is 0 Å². The summed E-state index contributed by atoms with van der Waals surface area (Å²) in [7, 11) is 0. The fourth-order valence-corrected chi connectivity index (χ4v) is 5.05. The summed E-state index contributed by atoms with van der Waals surface area (Å²) in [5, 5.41) is 12.8. The molecule has 7 heteroatoms. The van der Waals surface area contributed by atoms with Crippen LogP contribution in [0.1, 0.15) is 97.6 Å². The van der Waals surface area contributed by atoms with Crippen LogP contribution in [-0.2, 0) is 25.6 Å². The number of allylic oxidation sites excluding steroid dienone is 4. The Labute approximate surface area is 253 Å². The number of aliphatic hydroxyl groups excluding tert-OH is 1. The fourth-order valence-electron chi connectivity index (χ4n) is 5.05. The number of nitrogens with zero attached hydrogens (tertiary/aromatic N) is 1. The first-order valence-corrected chi connectivity index (χ1v) is 15.8. The minimum atomic E-state index is -0.755. The molecule has 2 N–H and O–H groups in total. The van der Waals surface area contributed by atoms with Crippen LogP contribution >= 0.6 is 0 Å². The van der Waals surface area contributed by atoms with Gasteiger partial charge in [0.25, 0.3) is 0 Å². The van der Waals surface area contributed by atoms with Crippen molar-refractivity contribution in [1.29, 1.82) is 0 Å². The number of hydrogen-bond donors (Lipinski definition) is 2. The molecule has 2 fully saturated rings. The number of nitrogens with one attached hydrogen (secondary N) is 1. The van der Waals surface area contributed by atoms with Crippen LogP contribution in [0.4, 0.5) is 5.69 Å². The zero-order valence-electron chi connectivity index (χ0n) is 27.0. The number of carbonyl (C=O) groups is 2. The van der Waals surface area contributed by atoms with Gasteiger partial charge in [-0.1, -0.05) is 45.4 Å². The molecule has 7 nitrogen and oxygen atoms in total. The van der Waals surface area contributed by atoms with Gasteiger partial charge in [0.15, 0.2) is 5.78 Å². The van der Waals surface area contributed by atoms with E-state index in [9.17, 15) is 14.7 Å². The molecule has 1 unspecified atom stereocenters. The molecule has 1 saturated carbocycles. The average molecular weight is 583 g/mol. The second kappa shape index (κ2) is 18.8. The molecule has 1 aromatic carbocycles. The standard InChI is InChI=1S/C28H40N2O4.C7H14O/c1-7-23(14-20(5)21(6)32)27(18(2)3)30-25-15-22(13-12-19(25)4)16-29-26(17-31)28(33)34-24-10-8-9-11-24;1-2-7-3-5-8-6-4-7/h7,12-15,18,24,26,29,31H,8-11,16-17H2,1-6H3;7H,2-6H2,1H3/b20-14-,23-7+,30-27?;. The van der Waals surface area contributed by atoms with Crippen LogP contribution in [0.5, 0.6) is 0 Å². The number of carbonyl (C=O) groups excluding carboxylic acids is 2. The van der Waals surface area contributed by atoms with Crippen LogP contribution in [0.25, 0.3) is 0 Å². The van der Waals surface area contributed by atoms with Crippen molar-refractivity contribution < 1.29 is 24.2 Å². The van der Waals surface area contributed by atoms with Crippen molar-refractivity contribution in [2.24, 2.45) is 16.8 Å². The summed E-state index contributed by atoms with van der Waals surface area (Å²) >= 11 is 0. The summed E-state index contributed by atoms with van der Waals surface area (Å²) in [6.45, 7) is 15.9. The highest BCUT2D eigenvalue weighted by Gasteiger charge is 2.25. The van der Waals surface area contributed by atoms with E-state index in [2.05, 4.69) is 26.1 Å². The van der Waals surface area contributed by atoms with Gasteiger partial charge in [0.2, 0.25) is 0 Å². The third kappa shape index (κ3) is 11.9. The number of Topliss-reactive ketones (excluding diaryl/α,β-unsaturated/α-hetero) is 1. The molecule has 1 saturated heterocycles. The summed E-state index contributed by atoms with van der Waals surface area (Å²) in [6.07, 6.45) is 11.7. The van der Waals surface area contributed by atoms with E-state index in [1.165, 1.54) is 19.3 Å². The number of ketones is 1. The van der Waals surface area contributed by atoms with Gasteiger partial charge >= 0.3 is 5.97 Å². The lowest BCUT2D eigenvalue weighted by Gasteiger charge is -2.19. The molecule has 3 rings (SSSR count). The number of hydrogen-bond acceptors (Lipinski definition) is 7. The van der Waals surface area contributed by atoms with Crippen molar-refractivity contribution >= 4 is 23.2 Å². The van der Waals surface area contributed by atoms with Crippen molar-refractivity contribution in [3.8, 4) is 0 Å². The van der Waals surface area contributed by atoms with Crippen LogP contribution in [-0.4, -0.2) is 54.5 Å². The second-order valence-electron chi connectivity index (χ2n) is 11.8. The molecule has 1 aliphatic heterocycles. The van der Waals surface area contributed by atoms with Gasteiger partial charge in [0, 0.05) is 19.8 Å². The van der Waals surface area contributed by atoms with Crippen molar-refractivity contribution in [1.82, 2.24) is 5.32 Å². The second-order valence-corrected chi connectivity index (χ2v) is 11.8. The Bertz CT molecular complexity index is 1090. The molecule has 0 spiro atoms. The van der Waals surface area contributed by atoms with E-state index in [0.29, 0.717) is 12.1 Å². The minimum absolute atomic E-state index is 0.0281. The van der Waals surface area contributed by atoms with Gasteiger partial charge in [-0.05, 0) is 112 Å². The van der Waals surface area contributed by atoms with Crippen LogP contribution in [0, 0.1) is 18.8 Å². The molecule has 0 bridgehead atoms. The predicted octanol–water partition coefficient (Wildman–Crippen LogP) is 6.96. The third-order valence-electron chi connectivity index (χ3n) is 8.12. The molecular formula is C35H54N2O5. The molecule has 0 amide bonds. The monoisotopic (exact) mass is 582 g/mol. The predicted molar refractivity (Wildman–Crippen MR) is 171 cm³/mol. The van der Waals surface area contributed by atoms with Gasteiger partial charge < -0.3 is 14.6 Å². The van der Waals surface area contributed by atoms with E-state index in [4.69, 9.17) is 14.5 Å². The molecule has 1 aromatic rings. The van der Waals surface area contributed by atoms with Crippen LogP contribution in [0.15, 0.2) is 46.5 Å². The Kier molecular flexibility index (Phi) is 16.0. The molecule has 234 valence electrons. The van der Waals surface area contributed by atoms with Gasteiger partial charge in [-0.3, -0.25) is 19.9 Å². The number of aliphatic imine (C=N–C) groups is 1. The van der Waals surface area contributed by atoms with Gasteiger partial charge in [-0.15, -0.1) is 0 Å². The maximum atomic E-state index is 12.4. The Balaban J connectivity index is 0.000000661. The smallest absolute Gasteiger partial charge is 0.325 e. The molecule has 0 aromatic heterocycles. The Morgan fingerprint density at radius 2 is 1.81 bits per heavy atom. The largest absolute Gasteiger partial charge is 0.461 e. The topological polar surface area (TPSA) is 97.2 Å². The minimum Gasteiger partial charge on any atom is -0.461 e. The quantitative estimate of drug-likeness (QED) is 0.120. The highest BCUT2D eigenvalue weighted by atomic mass is 16.5. The zero-order chi connectivity index (χ0) is 31.1. The molecule has 1 heterocycles. The van der Waals surface area contributed by atoms with Gasteiger partial charge in [0.1, 0.15) is 12.1 Å². The lowest BCUT2D eigenvalue weighted by molar-refractivity contribution is -0.152. The van der Waals surface area contributed by atoms with E-state index < -0.39 is 12.0 Å². The number of benzene rings is 1. The Morgan fingerprint density at radius 3 is 2.33 bits per heavy atom. The molecule has 42 heavy (non-hydrogen) atoms. The molecule has 2 aliphatic rings. The maximum Gasteiger partial charge on any atom is 0.325 e. The average Bonchev–Trinajstić information content (AvgIpc) is 3.50. The van der Waals surface area contributed by atoms with Crippen LogP contribution in [0.3, 0.4) is 0 Å². The summed E-state index contributed by atoms with van der Waals surface area (Å²) in [6, 6.07) is 5.24. The third-order valence-corrected chi connectivity index (χ3v) is 8.12. The maximum absolute atomic E-state index is 12.4. The molecular weight excluding hydrogens is 528 g/mol. The number of ether oxygens (including phenoxy) is 2. The lowest BCUT2D eigenvalue weighted by Crippen LogP contribution is -2.41. The highest BCUT2D eigenvalue weighted by molar-refractivity contribution is 6.07. The zero-order valence-corrected chi connectivity index (χ0v) is 27.0. The van der Waals surface area contributed by atoms with E-state index in [-0.39, 0.29) is 24.4 Å². The number of aliphatic hydroxyl groups is 1. The lowest BCUT2D eigenvalue weighted by atomic mass is 9.96. The van der Waals surface area contributed by atoms with Gasteiger partial charge in [0.05, 0.1) is 18.0 Å². The SMILES string of the molecule is C/C=C(\C=C(\C)C(C)=O)C(=Nc1cc(CNC(CO)C(=O)OC2CCCC2)ccc1C)C(C)C.CCC1CCOCC1. The number of esters is 1. The summed E-state index contributed by atoms with van der Waals surface area (Å²) < 4.78 is 10.7. The van der Waals surface area contributed by atoms with E-state index >= 15 is 0 Å². The first-order valence-electron chi connectivity index (χ1n) is 15.8. The van der Waals surface area contributed by atoms with Crippen molar-refractivity contribution in [2.75, 3.05) is 19.8 Å². The number of aryl methyl sites for hydroxylation is 1. The first-order chi connectivity index (χ1) is 20.1. The Morgan fingerprint density at radius 1 is 1.14 bits per heavy atom. The molecule has 0 radical (unpaired) electrons. The highest BCUT2D eigenvalue weighted by Crippen LogP contribution is 2.25. The fraction of sp³-hybridized carbons (Fsp3) is 0.629. The summed E-state index contributed by atoms with van der Waals surface area (Å²) in [5.74, 6) is 0.764. The van der Waals surface area contributed by atoms with Crippen molar-refractivity contribution in [3.05, 3.63) is 52.6 Å². The van der Waals surface area contributed by atoms with Crippen molar-refractivity contribution in [2.45, 2.75) is 112 Å². The van der Waals surface area contributed by atoms with Gasteiger partial charge in [-0.25, -0.2) is 0 Å². The Hall–Kier alpha value is -2.61. The van der Waals surface area contributed by atoms with Crippen LogP contribution < -0.4 is 5.32 Å². The molecule has 1 aliphatic carbocycles. The normalized spacial score (nSPS) is 18.1.